The molecule has 0 aliphatic carbocycles. The van der Waals surface area contributed by atoms with E-state index in [0.717, 1.165) is 51.4 Å². The maximum Gasteiger partial charge on any atom is 0.306 e. The first-order valence-corrected chi connectivity index (χ1v) is 21.0. The lowest BCUT2D eigenvalue weighted by Crippen LogP contribution is -2.35. The van der Waals surface area contributed by atoms with Crippen LogP contribution in [0.15, 0.2) is 48.6 Å². The smallest absolute Gasteiger partial charge is 0.306 e. The molecular formula is C44H79NO6. The third kappa shape index (κ3) is 37.3. The van der Waals surface area contributed by atoms with Crippen molar-refractivity contribution in [2.45, 2.75) is 180 Å². The predicted octanol–water partition coefficient (Wildman–Crippen LogP) is 10.7. The van der Waals surface area contributed by atoms with Gasteiger partial charge < -0.3 is 19.7 Å². The van der Waals surface area contributed by atoms with E-state index < -0.39 is 6.10 Å². The van der Waals surface area contributed by atoms with E-state index in [1.165, 1.54) is 89.9 Å². The Hall–Kier alpha value is -2.22. The number of allylic oxidation sites excluding steroid dienone is 8. The highest BCUT2D eigenvalue weighted by atomic mass is 16.6. The number of ether oxygens (including phenoxy) is 2. The summed E-state index contributed by atoms with van der Waals surface area (Å²) in [7, 11) is 0. The number of aliphatic hydroxyl groups excluding tert-OH is 2. The van der Waals surface area contributed by atoms with Crippen LogP contribution in [0.2, 0.25) is 0 Å². The van der Waals surface area contributed by atoms with Gasteiger partial charge >= 0.3 is 11.9 Å². The molecule has 1 atom stereocenters. The SMILES string of the molecule is CCCCC/C=C\CCCC/C=C\CCCCC(=O)OC[C@H](CCN(CCO)CCO)OC(=O)CCCC/C=C\CCCC/C=C\CCCCC. The molecule has 0 unspecified atom stereocenters. The average molecular weight is 718 g/mol. The van der Waals surface area contributed by atoms with Crippen molar-refractivity contribution in [2.24, 2.45) is 0 Å². The molecule has 0 saturated heterocycles. The van der Waals surface area contributed by atoms with Gasteiger partial charge in [0.2, 0.25) is 0 Å². The molecule has 0 heterocycles. The summed E-state index contributed by atoms with van der Waals surface area (Å²) in [6.45, 7) is 5.85. The fraction of sp³-hybridized carbons (Fsp3) is 0.773. The minimum absolute atomic E-state index is 0.0174. The first-order chi connectivity index (χ1) is 25.1. The molecular weight excluding hydrogens is 638 g/mol. The molecule has 296 valence electrons. The van der Waals surface area contributed by atoms with Crippen LogP contribution >= 0.6 is 0 Å². The lowest BCUT2D eigenvalue weighted by molar-refractivity contribution is -0.159. The second-order valence-electron chi connectivity index (χ2n) is 13.8. The van der Waals surface area contributed by atoms with Gasteiger partial charge in [-0.15, -0.1) is 0 Å². The first kappa shape index (κ1) is 48.8. The number of carbonyl (C=O) groups is 2. The lowest BCUT2D eigenvalue weighted by atomic mass is 10.1. The molecule has 0 aromatic rings. The highest BCUT2D eigenvalue weighted by molar-refractivity contribution is 5.70. The molecule has 7 nitrogen and oxygen atoms in total. The van der Waals surface area contributed by atoms with Crippen molar-refractivity contribution in [3.8, 4) is 0 Å². The highest BCUT2D eigenvalue weighted by Crippen LogP contribution is 2.11. The van der Waals surface area contributed by atoms with Gasteiger partial charge in [0.25, 0.3) is 0 Å². The minimum atomic E-state index is -0.549. The molecule has 0 aliphatic heterocycles. The number of aliphatic hydroxyl groups is 2. The zero-order chi connectivity index (χ0) is 37.3. The number of unbranched alkanes of at least 4 members (excludes halogenated alkanes) is 16. The van der Waals surface area contributed by atoms with Crippen LogP contribution in [0.4, 0.5) is 0 Å². The molecule has 0 spiro atoms. The Bertz CT molecular complexity index is 877. The van der Waals surface area contributed by atoms with E-state index in [1.807, 2.05) is 4.90 Å². The van der Waals surface area contributed by atoms with Gasteiger partial charge in [0, 0.05) is 38.9 Å². The molecule has 0 aromatic heterocycles. The molecule has 0 saturated carbocycles. The summed E-state index contributed by atoms with van der Waals surface area (Å²) in [5, 5.41) is 18.7. The lowest BCUT2D eigenvalue weighted by Gasteiger charge is -2.24. The van der Waals surface area contributed by atoms with Crippen LogP contribution in [0.25, 0.3) is 0 Å². The zero-order valence-electron chi connectivity index (χ0n) is 33.1. The van der Waals surface area contributed by atoms with Crippen LogP contribution in [0, 0.1) is 0 Å². The molecule has 51 heavy (non-hydrogen) atoms. The van der Waals surface area contributed by atoms with Gasteiger partial charge in [-0.3, -0.25) is 14.5 Å². The van der Waals surface area contributed by atoms with Gasteiger partial charge in [0.05, 0.1) is 13.2 Å². The van der Waals surface area contributed by atoms with Gasteiger partial charge in [-0.25, -0.2) is 0 Å². The Morgan fingerprint density at radius 1 is 0.510 bits per heavy atom. The van der Waals surface area contributed by atoms with Crippen LogP contribution < -0.4 is 0 Å². The van der Waals surface area contributed by atoms with Crippen LogP contribution in [-0.4, -0.2) is 72.6 Å². The van der Waals surface area contributed by atoms with Crippen LogP contribution in [0.3, 0.4) is 0 Å². The number of esters is 2. The van der Waals surface area contributed by atoms with Crippen molar-refractivity contribution in [3.05, 3.63) is 48.6 Å². The van der Waals surface area contributed by atoms with E-state index in [0.29, 0.717) is 38.9 Å². The molecule has 0 rings (SSSR count). The Morgan fingerprint density at radius 2 is 0.863 bits per heavy atom. The number of nitrogens with zero attached hydrogens (tertiary/aromatic N) is 1. The summed E-state index contributed by atoms with van der Waals surface area (Å²) < 4.78 is 11.3. The van der Waals surface area contributed by atoms with E-state index >= 15 is 0 Å². The quantitative estimate of drug-likeness (QED) is 0.0373. The van der Waals surface area contributed by atoms with E-state index in [1.54, 1.807) is 0 Å². The first-order valence-electron chi connectivity index (χ1n) is 21.0. The monoisotopic (exact) mass is 718 g/mol. The van der Waals surface area contributed by atoms with Gasteiger partial charge in [0.1, 0.15) is 12.7 Å². The van der Waals surface area contributed by atoms with Crippen molar-refractivity contribution in [1.29, 1.82) is 0 Å². The van der Waals surface area contributed by atoms with Crippen LogP contribution in [-0.2, 0) is 19.1 Å². The zero-order valence-corrected chi connectivity index (χ0v) is 33.1. The Balaban J connectivity index is 4.28. The molecule has 0 aliphatic rings. The topological polar surface area (TPSA) is 96.3 Å². The van der Waals surface area contributed by atoms with E-state index in [9.17, 15) is 19.8 Å². The predicted molar refractivity (Wildman–Crippen MR) is 215 cm³/mol. The molecule has 0 fully saturated rings. The van der Waals surface area contributed by atoms with Crippen molar-refractivity contribution in [2.75, 3.05) is 39.5 Å². The minimum Gasteiger partial charge on any atom is -0.462 e. The van der Waals surface area contributed by atoms with Crippen molar-refractivity contribution in [3.63, 3.8) is 0 Å². The largest absolute Gasteiger partial charge is 0.462 e. The second-order valence-corrected chi connectivity index (χ2v) is 13.8. The van der Waals surface area contributed by atoms with Gasteiger partial charge in [-0.2, -0.15) is 0 Å². The van der Waals surface area contributed by atoms with Crippen LogP contribution in [0.1, 0.15) is 174 Å². The van der Waals surface area contributed by atoms with E-state index in [4.69, 9.17) is 9.47 Å². The molecule has 0 bridgehead atoms. The third-order valence-electron chi connectivity index (χ3n) is 8.93. The summed E-state index contributed by atoms with van der Waals surface area (Å²) in [5.74, 6) is -0.541. The normalized spacial score (nSPS) is 12.7. The number of rotatable bonds is 38. The standard InChI is InChI=1S/C44H79NO6/c1-3-5-7-9-11-13-15-17-19-21-23-25-27-29-31-33-43(48)50-41-42(35-36-45(37-39-46)38-40-47)51-44(49)34-32-30-28-26-24-22-20-18-16-14-12-10-8-6-4-2/h11-14,23-26,42,46-47H,3-10,15-22,27-41H2,1-2H3/b13-11-,14-12-,25-23-,26-24-/t42-/m0/s1. The van der Waals surface area contributed by atoms with E-state index in [2.05, 4.69) is 62.5 Å². The fourth-order valence-electron chi connectivity index (χ4n) is 5.70. The van der Waals surface area contributed by atoms with E-state index in [-0.39, 0.29) is 31.8 Å². The van der Waals surface area contributed by atoms with Crippen molar-refractivity contribution < 1.29 is 29.3 Å². The fourth-order valence-corrected chi connectivity index (χ4v) is 5.70. The summed E-state index contributed by atoms with van der Waals surface area (Å²) in [4.78, 5) is 27.1. The van der Waals surface area contributed by atoms with Gasteiger partial charge in [-0.1, -0.05) is 88.1 Å². The van der Waals surface area contributed by atoms with Gasteiger partial charge in [0.15, 0.2) is 0 Å². The summed E-state index contributed by atoms with van der Waals surface area (Å²) in [5.41, 5.74) is 0. The molecule has 0 radical (unpaired) electrons. The molecule has 0 amide bonds. The maximum atomic E-state index is 12.7. The second kappa shape index (κ2) is 40.5. The highest BCUT2D eigenvalue weighted by Gasteiger charge is 2.18. The van der Waals surface area contributed by atoms with Crippen molar-refractivity contribution in [1.82, 2.24) is 4.90 Å². The summed E-state index contributed by atoms with van der Waals surface area (Å²) >= 11 is 0. The number of hydrogen-bond donors (Lipinski definition) is 2. The Kier molecular flexibility index (Phi) is 38.8. The molecule has 0 aromatic carbocycles. The number of carbonyl (C=O) groups excluding carboxylic acids is 2. The van der Waals surface area contributed by atoms with Gasteiger partial charge in [-0.05, 0) is 116 Å². The average Bonchev–Trinajstić information content (AvgIpc) is 3.12. The number of hydrogen-bond acceptors (Lipinski definition) is 7. The van der Waals surface area contributed by atoms with Crippen LogP contribution in [0.5, 0.6) is 0 Å². The maximum absolute atomic E-state index is 12.7. The third-order valence-corrected chi connectivity index (χ3v) is 8.93. The Labute approximate surface area is 314 Å². The summed E-state index contributed by atoms with van der Waals surface area (Å²) in [6.07, 6.45) is 43.8. The molecule has 2 N–H and O–H groups in total. The summed E-state index contributed by atoms with van der Waals surface area (Å²) in [6, 6.07) is 0. The molecule has 7 heteroatoms. The Morgan fingerprint density at radius 3 is 1.24 bits per heavy atom. The van der Waals surface area contributed by atoms with Crippen molar-refractivity contribution >= 4 is 11.9 Å².